The lowest BCUT2D eigenvalue weighted by Gasteiger charge is -2.10. The summed E-state index contributed by atoms with van der Waals surface area (Å²) in [5, 5.41) is 47.6. The molecule has 0 spiro atoms. The Morgan fingerprint density at radius 2 is 1.72 bits per heavy atom. The molecule has 3 rings (SSSR count). The first kappa shape index (κ1) is 16.5. The molecule has 1 aromatic heterocycles. The fourth-order valence-electron chi connectivity index (χ4n) is 2.37. The summed E-state index contributed by atoms with van der Waals surface area (Å²) in [6, 6.07) is 6.12. The normalized spacial score (nSPS) is 10.9. The highest BCUT2D eigenvalue weighted by molar-refractivity contribution is 5.88. The molecule has 0 aliphatic rings. The molecule has 25 heavy (non-hydrogen) atoms. The minimum absolute atomic E-state index is 0.0219. The Morgan fingerprint density at radius 1 is 0.960 bits per heavy atom. The first-order valence-electron chi connectivity index (χ1n) is 7.21. The van der Waals surface area contributed by atoms with Crippen LogP contribution in [0.25, 0.3) is 22.3 Å². The van der Waals surface area contributed by atoms with Gasteiger partial charge in [-0.05, 0) is 18.2 Å². The van der Waals surface area contributed by atoms with E-state index in [0.717, 1.165) is 6.07 Å². The van der Waals surface area contributed by atoms with Crippen molar-refractivity contribution in [3.63, 3.8) is 0 Å². The van der Waals surface area contributed by atoms with E-state index in [2.05, 4.69) is 0 Å². The van der Waals surface area contributed by atoms with Gasteiger partial charge >= 0.3 is 0 Å². The fraction of sp³-hybridized carbons (Fsp3) is 0.118. The fourth-order valence-corrected chi connectivity index (χ4v) is 2.37. The Morgan fingerprint density at radius 3 is 2.40 bits per heavy atom. The van der Waals surface area contributed by atoms with Crippen molar-refractivity contribution >= 4 is 11.0 Å². The number of rotatable bonds is 4. The quantitative estimate of drug-likeness (QED) is 0.449. The van der Waals surface area contributed by atoms with Crippen LogP contribution < -0.4 is 10.2 Å². The summed E-state index contributed by atoms with van der Waals surface area (Å²) in [5.74, 6) is -2.11. The number of ether oxygens (including phenoxy) is 1. The van der Waals surface area contributed by atoms with Crippen LogP contribution in [0.5, 0.6) is 28.7 Å². The Balaban J connectivity index is 2.24. The zero-order valence-electron chi connectivity index (χ0n) is 12.8. The van der Waals surface area contributed by atoms with Gasteiger partial charge in [-0.1, -0.05) is 0 Å². The smallest absolute Gasteiger partial charge is 0.238 e. The third kappa shape index (κ3) is 2.90. The summed E-state index contributed by atoms with van der Waals surface area (Å²) in [4.78, 5) is 12.4. The number of fused-ring (bicyclic) bond motifs is 1. The molecule has 1 heterocycles. The predicted molar refractivity (Wildman–Crippen MR) is 87.2 cm³/mol. The zero-order chi connectivity index (χ0) is 18.1. The molecule has 0 aliphatic carbocycles. The summed E-state index contributed by atoms with van der Waals surface area (Å²) in [5.41, 5.74) is -0.777. The Kier molecular flexibility index (Phi) is 4.12. The molecule has 130 valence electrons. The molecule has 0 saturated carbocycles. The zero-order valence-corrected chi connectivity index (χ0v) is 12.8. The van der Waals surface area contributed by atoms with Crippen molar-refractivity contribution in [2.24, 2.45) is 0 Å². The number of aliphatic hydroxyl groups excluding tert-OH is 1. The second-order valence-electron chi connectivity index (χ2n) is 5.20. The highest BCUT2D eigenvalue weighted by Crippen LogP contribution is 2.37. The maximum Gasteiger partial charge on any atom is 0.238 e. The molecule has 0 unspecified atom stereocenters. The van der Waals surface area contributed by atoms with Crippen LogP contribution in [0.15, 0.2) is 39.5 Å². The third-order valence-corrected chi connectivity index (χ3v) is 3.52. The molecule has 0 atom stereocenters. The van der Waals surface area contributed by atoms with E-state index in [1.807, 2.05) is 0 Å². The second-order valence-corrected chi connectivity index (χ2v) is 5.20. The van der Waals surface area contributed by atoms with Gasteiger partial charge in [-0.25, -0.2) is 0 Å². The van der Waals surface area contributed by atoms with Gasteiger partial charge in [0, 0.05) is 17.7 Å². The van der Waals surface area contributed by atoms with Crippen molar-refractivity contribution in [2.75, 3.05) is 13.2 Å². The molecule has 3 aromatic rings. The largest absolute Gasteiger partial charge is 0.507 e. The van der Waals surface area contributed by atoms with Gasteiger partial charge in [0.25, 0.3) is 0 Å². The maximum absolute atomic E-state index is 12.4. The number of phenols is 3. The monoisotopic (exact) mass is 346 g/mol. The summed E-state index contributed by atoms with van der Waals surface area (Å²) < 4.78 is 10.7. The maximum atomic E-state index is 12.4. The van der Waals surface area contributed by atoms with Crippen LogP contribution >= 0.6 is 0 Å². The molecule has 5 N–H and O–H groups in total. The average molecular weight is 346 g/mol. The lowest BCUT2D eigenvalue weighted by Crippen LogP contribution is -2.05. The molecular weight excluding hydrogens is 332 g/mol. The molecular formula is C17H14O8. The molecule has 0 bridgehead atoms. The van der Waals surface area contributed by atoms with Crippen molar-refractivity contribution in [1.29, 1.82) is 0 Å². The van der Waals surface area contributed by atoms with Gasteiger partial charge in [-0.15, -0.1) is 0 Å². The van der Waals surface area contributed by atoms with Crippen LogP contribution in [0.3, 0.4) is 0 Å². The molecule has 0 aliphatic heterocycles. The van der Waals surface area contributed by atoms with Gasteiger partial charge in [0.2, 0.25) is 11.2 Å². The SMILES string of the molecule is O=c1c(O)c(-c2ccc(O)c(O)c2)oc2cc(OCCO)cc(O)c12. The Bertz CT molecular complexity index is 1010. The van der Waals surface area contributed by atoms with Crippen LogP contribution in [0, 0.1) is 0 Å². The first-order valence-corrected chi connectivity index (χ1v) is 7.21. The molecule has 8 heteroatoms. The van der Waals surface area contributed by atoms with Gasteiger partial charge in [0.1, 0.15) is 29.1 Å². The highest BCUT2D eigenvalue weighted by Gasteiger charge is 2.19. The van der Waals surface area contributed by atoms with Crippen LogP contribution in [0.1, 0.15) is 0 Å². The number of aromatic hydroxyl groups is 4. The Labute approximate surface area is 140 Å². The van der Waals surface area contributed by atoms with E-state index in [-0.39, 0.29) is 47.0 Å². The summed E-state index contributed by atoms with van der Waals surface area (Å²) in [7, 11) is 0. The topological polar surface area (TPSA) is 141 Å². The van der Waals surface area contributed by atoms with Crippen LogP contribution in [-0.2, 0) is 0 Å². The number of benzene rings is 2. The van der Waals surface area contributed by atoms with Gasteiger partial charge in [-0.3, -0.25) is 4.79 Å². The lowest BCUT2D eigenvalue weighted by atomic mass is 10.1. The second kappa shape index (κ2) is 6.25. The number of hydrogen-bond acceptors (Lipinski definition) is 8. The van der Waals surface area contributed by atoms with Crippen molar-refractivity contribution in [2.45, 2.75) is 0 Å². The molecule has 0 fully saturated rings. The molecule has 8 nitrogen and oxygen atoms in total. The van der Waals surface area contributed by atoms with Crippen LogP contribution in [0.2, 0.25) is 0 Å². The standard InChI is InChI=1S/C17H14O8/c18-3-4-24-9-6-12(21)14-13(7-9)25-17(16(23)15(14)22)8-1-2-10(19)11(20)5-8/h1-2,5-7,18-21,23H,3-4H2. The van der Waals surface area contributed by atoms with E-state index in [9.17, 15) is 25.2 Å². The third-order valence-electron chi connectivity index (χ3n) is 3.52. The first-order chi connectivity index (χ1) is 11.9. The molecule has 0 radical (unpaired) electrons. The lowest BCUT2D eigenvalue weighted by molar-refractivity contribution is 0.201. The van der Waals surface area contributed by atoms with Crippen molar-refractivity contribution < 1.29 is 34.7 Å². The number of phenolic OH excluding ortho intramolecular Hbond substituents is 3. The predicted octanol–water partition coefficient (Wildman–Crippen LogP) is 1.65. The highest BCUT2D eigenvalue weighted by atomic mass is 16.5. The number of hydrogen-bond donors (Lipinski definition) is 5. The number of aliphatic hydroxyl groups is 1. The van der Waals surface area contributed by atoms with E-state index in [4.69, 9.17) is 14.3 Å². The molecule has 0 saturated heterocycles. The van der Waals surface area contributed by atoms with Gasteiger partial charge in [0.05, 0.1) is 6.61 Å². The minimum atomic E-state index is -0.866. The van der Waals surface area contributed by atoms with Gasteiger partial charge < -0.3 is 34.7 Å². The van der Waals surface area contributed by atoms with E-state index in [1.54, 1.807) is 0 Å². The van der Waals surface area contributed by atoms with E-state index < -0.39 is 22.7 Å². The molecule has 0 amide bonds. The summed E-state index contributed by atoms with van der Waals surface area (Å²) >= 11 is 0. The van der Waals surface area contributed by atoms with E-state index >= 15 is 0 Å². The van der Waals surface area contributed by atoms with E-state index in [0.29, 0.717) is 0 Å². The summed E-state index contributed by atoms with van der Waals surface area (Å²) in [6.45, 7) is -0.262. The van der Waals surface area contributed by atoms with Crippen LogP contribution in [0.4, 0.5) is 0 Å². The van der Waals surface area contributed by atoms with Crippen LogP contribution in [-0.4, -0.2) is 38.7 Å². The van der Waals surface area contributed by atoms with Gasteiger partial charge in [-0.2, -0.15) is 0 Å². The van der Waals surface area contributed by atoms with E-state index in [1.165, 1.54) is 24.3 Å². The van der Waals surface area contributed by atoms with Crippen molar-refractivity contribution in [3.8, 4) is 40.1 Å². The van der Waals surface area contributed by atoms with Crippen molar-refractivity contribution in [1.82, 2.24) is 0 Å². The average Bonchev–Trinajstić information content (AvgIpc) is 2.58. The molecule has 2 aromatic carbocycles. The summed E-state index contributed by atoms with van der Waals surface area (Å²) in [6.07, 6.45) is 0. The van der Waals surface area contributed by atoms with Gasteiger partial charge in [0.15, 0.2) is 17.3 Å². The minimum Gasteiger partial charge on any atom is -0.507 e. The van der Waals surface area contributed by atoms with Crippen molar-refractivity contribution in [3.05, 3.63) is 40.6 Å². The Hall–Kier alpha value is -3.39.